The summed E-state index contributed by atoms with van der Waals surface area (Å²) in [6.07, 6.45) is 2.62. The van der Waals surface area contributed by atoms with Crippen LogP contribution in [0.4, 0.5) is 4.39 Å². The number of likely N-dealkylation sites (N-methyl/N-ethyl adjacent to an activating group) is 1. The third-order valence-corrected chi connectivity index (χ3v) is 15.6. The van der Waals surface area contributed by atoms with E-state index in [-0.39, 0.29) is 47.1 Å². The van der Waals surface area contributed by atoms with E-state index in [1.807, 2.05) is 13.8 Å². The molecule has 7 heterocycles. The Kier molecular flexibility index (Phi) is 13.2. The molecule has 14 nitrogen and oxygen atoms in total. The molecule has 344 valence electrons. The van der Waals surface area contributed by atoms with Crippen molar-refractivity contribution in [2.75, 3.05) is 57.9 Å². The predicted molar refractivity (Wildman–Crippen MR) is 251 cm³/mol. The average molecular weight is 976 g/mol. The van der Waals surface area contributed by atoms with Crippen molar-refractivity contribution >= 4 is 66.1 Å². The van der Waals surface area contributed by atoms with Gasteiger partial charge in [-0.15, -0.1) is 11.3 Å². The molecule has 0 amide bonds. The molecule has 0 unspecified atom stereocenters. The lowest BCUT2D eigenvalue weighted by Crippen LogP contribution is -2.49. The normalized spacial score (nSPS) is 19.0. The molecule has 0 saturated carbocycles. The molecule has 19 heteroatoms. The molecule has 10 rings (SSSR count). The number of thiophene rings is 1. The fraction of sp³-hybridized carbons (Fsp3) is 0.340. The van der Waals surface area contributed by atoms with Crippen molar-refractivity contribution in [3.63, 3.8) is 0 Å². The average Bonchev–Trinajstić information content (AvgIpc) is 3.69. The van der Waals surface area contributed by atoms with Gasteiger partial charge in [0.05, 0.1) is 32.6 Å². The van der Waals surface area contributed by atoms with Gasteiger partial charge in [-0.05, 0) is 91.5 Å². The number of aromatic nitrogens is 4. The molecule has 0 spiro atoms. The number of rotatable bonds is 8. The van der Waals surface area contributed by atoms with Crippen molar-refractivity contribution in [2.24, 2.45) is 0 Å². The van der Waals surface area contributed by atoms with Crippen molar-refractivity contribution in [2.45, 2.75) is 45.5 Å². The second-order valence-electron chi connectivity index (χ2n) is 16.6. The van der Waals surface area contributed by atoms with E-state index in [4.69, 9.17) is 42.1 Å². The van der Waals surface area contributed by atoms with Crippen LogP contribution < -0.4 is 18.9 Å². The van der Waals surface area contributed by atoms with E-state index >= 15 is 0 Å². The minimum Gasteiger partial charge on any atom is -0.490 e. The van der Waals surface area contributed by atoms with Crippen LogP contribution in [-0.2, 0) is 27.7 Å². The second kappa shape index (κ2) is 19.1. The van der Waals surface area contributed by atoms with Gasteiger partial charge in [-0.2, -0.15) is 0 Å². The summed E-state index contributed by atoms with van der Waals surface area (Å²) in [5.41, 5.74) is 4.91. The molecule has 66 heavy (non-hydrogen) atoms. The van der Waals surface area contributed by atoms with E-state index < -0.39 is 33.8 Å². The molecular formula is C47H45Cl2FN6O8S2. The lowest BCUT2D eigenvalue weighted by Gasteiger charge is -2.35. The van der Waals surface area contributed by atoms with Gasteiger partial charge in [-0.25, -0.2) is 37.5 Å². The number of halogens is 3. The van der Waals surface area contributed by atoms with Crippen molar-refractivity contribution in [3.8, 4) is 44.7 Å². The zero-order valence-electron chi connectivity index (χ0n) is 36.2. The molecule has 0 radical (unpaired) electrons. The number of benzene rings is 3. The number of carboxylic acids is 1. The number of ether oxygens (including phenoxy) is 4. The first kappa shape index (κ1) is 45.7. The summed E-state index contributed by atoms with van der Waals surface area (Å²) < 4.78 is 64.6. The highest BCUT2D eigenvalue weighted by molar-refractivity contribution is 7.91. The fourth-order valence-corrected chi connectivity index (χ4v) is 11.2. The van der Waals surface area contributed by atoms with E-state index in [2.05, 4.69) is 36.8 Å². The first-order valence-corrected chi connectivity index (χ1v) is 24.7. The van der Waals surface area contributed by atoms with Crippen LogP contribution in [0, 0.1) is 19.7 Å². The first-order valence-electron chi connectivity index (χ1n) is 21.3. The zero-order chi connectivity index (χ0) is 46.3. The van der Waals surface area contributed by atoms with Crippen LogP contribution in [0.1, 0.15) is 34.6 Å². The van der Waals surface area contributed by atoms with Crippen LogP contribution in [0.5, 0.6) is 23.1 Å². The number of carboxylic acid groups (broad SMARTS) is 1. The van der Waals surface area contributed by atoms with E-state index in [1.165, 1.54) is 29.8 Å². The Labute approximate surface area is 394 Å². The highest BCUT2D eigenvalue weighted by Crippen LogP contribution is 2.53. The molecule has 1 fully saturated rings. The van der Waals surface area contributed by atoms with Gasteiger partial charge in [0.1, 0.15) is 47.8 Å². The maximum absolute atomic E-state index is 14.4. The molecule has 0 aliphatic carbocycles. The van der Waals surface area contributed by atoms with Gasteiger partial charge in [0.25, 0.3) is 0 Å². The molecule has 6 aromatic rings. The largest absolute Gasteiger partial charge is 0.490 e. The highest BCUT2D eigenvalue weighted by atomic mass is 35.5. The number of fused-ring (bicyclic) bond motifs is 7. The number of aliphatic carboxylic acids is 1. The van der Waals surface area contributed by atoms with Crippen LogP contribution in [0.2, 0.25) is 10.0 Å². The Balaban J connectivity index is 1.15. The van der Waals surface area contributed by atoms with Gasteiger partial charge in [0, 0.05) is 61.3 Å². The Bertz CT molecular complexity index is 2950. The number of piperazine rings is 1. The summed E-state index contributed by atoms with van der Waals surface area (Å²) in [4.78, 5) is 37.2. The summed E-state index contributed by atoms with van der Waals surface area (Å²) in [6.45, 7) is 7.70. The number of nitrogens with zero attached hydrogens (tertiary/aromatic N) is 6. The molecule has 2 atom stereocenters. The molecule has 1 N–H and O–H groups in total. The molecule has 1 saturated heterocycles. The van der Waals surface area contributed by atoms with Crippen LogP contribution in [0.25, 0.3) is 37.4 Å². The van der Waals surface area contributed by atoms with Gasteiger partial charge in [-0.1, -0.05) is 41.4 Å². The highest BCUT2D eigenvalue weighted by Gasteiger charge is 2.32. The first-order chi connectivity index (χ1) is 31.7. The summed E-state index contributed by atoms with van der Waals surface area (Å²) >= 11 is 15.9. The summed E-state index contributed by atoms with van der Waals surface area (Å²) in [5, 5.41) is 11.8. The Morgan fingerprint density at radius 3 is 2.45 bits per heavy atom. The van der Waals surface area contributed by atoms with Crippen molar-refractivity contribution < 1.29 is 41.7 Å². The maximum atomic E-state index is 14.4. The lowest BCUT2D eigenvalue weighted by atomic mass is 9.92. The Morgan fingerprint density at radius 2 is 1.74 bits per heavy atom. The molecular weight excluding hydrogens is 931 g/mol. The fourth-order valence-electron chi connectivity index (χ4n) is 8.38. The minimum absolute atomic E-state index is 0.00291. The van der Waals surface area contributed by atoms with E-state index in [0.29, 0.717) is 90.2 Å². The number of sulfone groups is 1. The van der Waals surface area contributed by atoms with E-state index in [1.54, 1.807) is 48.7 Å². The quantitative estimate of drug-likeness (QED) is 0.155. The van der Waals surface area contributed by atoms with Crippen molar-refractivity contribution in [1.29, 1.82) is 0 Å². The third-order valence-electron chi connectivity index (χ3n) is 12.0. The van der Waals surface area contributed by atoms with Gasteiger partial charge < -0.3 is 29.0 Å². The van der Waals surface area contributed by atoms with Gasteiger partial charge >= 0.3 is 5.97 Å². The molecule has 4 aliphatic heterocycles. The monoisotopic (exact) mass is 974 g/mol. The zero-order valence-corrected chi connectivity index (χ0v) is 39.4. The molecule has 4 bridgehead atoms. The molecule has 3 aromatic heterocycles. The van der Waals surface area contributed by atoms with Crippen LogP contribution in [0.15, 0.2) is 67.1 Å². The van der Waals surface area contributed by atoms with E-state index in [9.17, 15) is 22.7 Å². The predicted octanol–water partition coefficient (Wildman–Crippen LogP) is 8.12. The molecule has 3 aromatic carbocycles. The Hall–Kier alpha value is -5.43. The minimum atomic E-state index is -3.14. The van der Waals surface area contributed by atoms with Crippen LogP contribution in [0.3, 0.4) is 0 Å². The summed E-state index contributed by atoms with van der Waals surface area (Å²) in [6, 6.07) is 12.9. The van der Waals surface area contributed by atoms with Crippen LogP contribution in [-0.4, -0.2) is 119 Å². The lowest BCUT2D eigenvalue weighted by molar-refractivity contribution is -0.145. The van der Waals surface area contributed by atoms with E-state index in [0.717, 1.165) is 31.8 Å². The van der Waals surface area contributed by atoms with Crippen molar-refractivity contribution in [1.82, 2.24) is 29.7 Å². The van der Waals surface area contributed by atoms with Crippen molar-refractivity contribution in [3.05, 3.63) is 111 Å². The third kappa shape index (κ3) is 9.69. The molecule has 4 aliphatic rings. The van der Waals surface area contributed by atoms with Gasteiger partial charge in [-0.3, -0.25) is 4.90 Å². The Morgan fingerprint density at radius 1 is 0.985 bits per heavy atom. The number of carbonyl (C=O) groups is 1. The second-order valence-corrected chi connectivity index (χ2v) is 20.6. The van der Waals surface area contributed by atoms with Gasteiger partial charge in [0.15, 0.2) is 21.4 Å². The topological polar surface area (TPSA) is 166 Å². The maximum Gasteiger partial charge on any atom is 0.345 e. The number of hydrogen-bond donors (Lipinski definition) is 1. The number of allylic oxidation sites excluding steroid dienone is 1. The summed E-state index contributed by atoms with van der Waals surface area (Å²) in [7, 11) is -1.05. The number of hydrogen-bond acceptors (Lipinski definition) is 14. The standard InChI is InChI=1S/C47H45Cl2FN6O8S2/c1-26-37-27(2)41(49)42(40(26)48)63-34(22-56-16-14-55(3)15-17-56)24-61-33-8-9-35(62-23-32-10-13-51-44(54-32)29-11-18-66(59,60)19-12-29)30(20-33)21-36(47(57)58)64-45-39-38(37)43(65-46(39)53-25-52-45)28-4-6-31(50)7-5-28/h4-11,13,20,25,34,36H,12,14-19,21-24H2,1-3H3,(H,57,58)/t34-,36-/m1/s1. The van der Waals surface area contributed by atoms with Crippen LogP contribution >= 0.6 is 34.5 Å². The summed E-state index contributed by atoms with van der Waals surface area (Å²) in [5.74, 6) is -0.225. The smallest absolute Gasteiger partial charge is 0.345 e. The van der Waals surface area contributed by atoms with Gasteiger partial charge in [0.2, 0.25) is 12.0 Å². The SMILES string of the molecule is Cc1c(Cl)c2c(Cl)c(C)c1-c1c(-c3ccc(F)cc3)sc3ncnc(c13)O[C@@H](C(=O)O)Cc1cc(ccc1OCc1ccnc(C3=CCS(=O)(=O)CC3)n1)OC[C@@H](CN1CCN(C)CC1)O2.